The van der Waals surface area contributed by atoms with Gasteiger partial charge in [0.1, 0.15) is 0 Å². The largest absolute Gasteiger partial charge is 0.265 e. The molecule has 2 aliphatic rings. The van der Waals surface area contributed by atoms with Crippen LogP contribution in [0.3, 0.4) is 0 Å². The van der Waals surface area contributed by atoms with Crippen molar-refractivity contribution in [1.29, 1.82) is 0 Å². The van der Waals surface area contributed by atoms with Crippen molar-refractivity contribution >= 4 is 27.7 Å². The first-order valence-corrected chi connectivity index (χ1v) is 15.9. The zero-order valence-electron chi connectivity index (χ0n) is 22.2. The van der Waals surface area contributed by atoms with E-state index in [1.165, 1.54) is 41.5 Å². The summed E-state index contributed by atoms with van der Waals surface area (Å²) in [7, 11) is -3.64. The second kappa shape index (κ2) is 12.2. The second-order valence-corrected chi connectivity index (χ2v) is 12.9. The molecule has 1 heterocycles. The predicted molar refractivity (Wildman–Crippen MR) is 156 cm³/mol. The van der Waals surface area contributed by atoms with Crippen LogP contribution in [-0.2, 0) is 22.9 Å². The van der Waals surface area contributed by atoms with Crippen molar-refractivity contribution in [3.63, 3.8) is 0 Å². The van der Waals surface area contributed by atoms with Crippen molar-refractivity contribution in [3.8, 4) is 0 Å². The molecule has 5 rings (SSSR count). The molecule has 1 aromatic heterocycles. The number of rotatable bonds is 8. The summed E-state index contributed by atoms with van der Waals surface area (Å²) in [5.41, 5.74) is 5.58. The average Bonchev–Trinajstić information content (AvgIpc) is 3.17. The van der Waals surface area contributed by atoms with Crippen LogP contribution in [0.2, 0.25) is 5.02 Å². The van der Waals surface area contributed by atoms with Crippen molar-refractivity contribution in [3.05, 3.63) is 93.1 Å². The first kappa shape index (κ1) is 27.2. The Kier molecular flexibility index (Phi) is 8.71. The Morgan fingerprint density at radius 2 is 1.71 bits per heavy atom. The number of hydrogen-bond acceptors (Lipinski definition) is 3. The lowest BCUT2D eigenvalue weighted by molar-refractivity contribution is 0.315. The van der Waals surface area contributed by atoms with Crippen LogP contribution >= 0.6 is 11.6 Å². The molecule has 0 amide bonds. The number of fused-ring (bicyclic) bond motifs is 1. The zero-order valence-corrected chi connectivity index (χ0v) is 23.7. The fourth-order valence-corrected chi connectivity index (χ4v) is 7.25. The third kappa shape index (κ3) is 6.59. The van der Waals surface area contributed by atoms with E-state index in [0.717, 1.165) is 61.2 Å². The normalized spacial score (nSPS) is 19.8. The van der Waals surface area contributed by atoms with Gasteiger partial charge in [0.2, 0.25) is 10.0 Å². The van der Waals surface area contributed by atoms with Crippen molar-refractivity contribution in [1.82, 2.24) is 14.5 Å². The number of benzene rings is 2. The monoisotopic (exact) mass is 551 g/mol. The Labute approximate surface area is 232 Å². The summed E-state index contributed by atoms with van der Waals surface area (Å²) >= 11 is 6.15. The van der Waals surface area contributed by atoms with Gasteiger partial charge in [0.05, 0.1) is 11.7 Å². The molecular weight excluding hydrogens is 514 g/mol. The molecule has 5 nitrogen and oxygen atoms in total. The Morgan fingerprint density at radius 3 is 2.45 bits per heavy atom. The van der Waals surface area contributed by atoms with Crippen molar-refractivity contribution in [2.24, 2.45) is 0 Å². The molecule has 202 valence electrons. The highest BCUT2D eigenvalue weighted by molar-refractivity contribution is 7.92. The van der Waals surface area contributed by atoms with E-state index in [1.807, 2.05) is 49.4 Å². The van der Waals surface area contributed by atoms with Crippen LogP contribution in [0.4, 0.5) is 0 Å². The van der Waals surface area contributed by atoms with E-state index in [9.17, 15) is 8.42 Å². The van der Waals surface area contributed by atoms with Crippen LogP contribution in [0, 0.1) is 0 Å². The highest BCUT2D eigenvalue weighted by Crippen LogP contribution is 2.39. The topological polar surface area (TPSA) is 64.0 Å². The van der Waals surface area contributed by atoms with Crippen LogP contribution in [0.25, 0.3) is 6.08 Å². The van der Waals surface area contributed by atoms with Crippen LogP contribution in [-0.4, -0.2) is 18.2 Å². The summed E-state index contributed by atoms with van der Waals surface area (Å²) in [5, 5.41) is 7.18. The van der Waals surface area contributed by atoms with Gasteiger partial charge >= 0.3 is 0 Å². The van der Waals surface area contributed by atoms with E-state index in [-0.39, 0.29) is 6.04 Å². The van der Waals surface area contributed by atoms with Crippen LogP contribution < -0.4 is 4.72 Å². The summed E-state index contributed by atoms with van der Waals surface area (Å²) in [4.78, 5) is 0. The minimum Gasteiger partial charge on any atom is -0.265 e. The van der Waals surface area contributed by atoms with Gasteiger partial charge in [-0.15, -0.1) is 0 Å². The first-order chi connectivity index (χ1) is 18.4. The average molecular weight is 552 g/mol. The zero-order chi connectivity index (χ0) is 26.5. The lowest BCUT2D eigenvalue weighted by atomic mass is 9.89. The molecule has 2 atom stereocenters. The predicted octanol–water partition coefficient (Wildman–Crippen LogP) is 7.75. The van der Waals surface area contributed by atoms with Gasteiger partial charge in [-0.05, 0) is 74.8 Å². The molecule has 0 aliphatic heterocycles. The van der Waals surface area contributed by atoms with Crippen molar-refractivity contribution < 1.29 is 8.42 Å². The van der Waals surface area contributed by atoms with E-state index in [2.05, 4.69) is 21.5 Å². The first-order valence-electron chi connectivity index (χ1n) is 14.0. The van der Waals surface area contributed by atoms with Gasteiger partial charge < -0.3 is 0 Å². The van der Waals surface area contributed by atoms with Gasteiger partial charge in [-0.1, -0.05) is 79.7 Å². The molecule has 3 aromatic rings. The van der Waals surface area contributed by atoms with Gasteiger partial charge in [0, 0.05) is 33.6 Å². The molecule has 0 bridgehead atoms. The molecule has 7 heteroatoms. The van der Waals surface area contributed by atoms with Gasteiger partial charge in [-0.3, -0.25) is 4.68 Å². The minimum atomic E-state index is -3.64. The third-order valence-electron chi connectivity index (χ3n) is 8.06. The van der Waals surface area contributed by atoms with Crippen LogP contribution in [0.1, 0.15) is 104 Å². The summed E-state index contributed by atoms with van der Waals surface area (Å²) < 4.78 is 31.1. The molecule has 1 N–H and O–H groups in total. The number of nitrogens with zero attached hydrogens (tertiary/aromatic N) is 2. The Balaban J connectivity index is 1.46. The molecule has 38 heavy (non-hydrogen) atoms. The highest BCUT2D eigenvalue weighted by atomic mass is 35.5. The van der Waals surface area contributed by atoms with Crippen molar-refractivity contribution in [2.45, 2.75) is 89.1 Å². The maximum Gasteiger partial charge on any atom is 0.234 e. The molecular formula is C31H38ClN3O2S. The standard InChI is InChI=1S/C31H38ClN3O2S/c1-23(25-10-4-2-5-11-25)34-38(36,37)21-20-30-29-15-9-8-12-26(22-24-16-18-27(32)19-17-24)31(29)35(33-30)28-13-6-3-7-14-28/h2,4-5,10-11,16-21,23,26,28,34H,3,6-9,12-15,22H2,1H3/b21-20+/t23-,26?/m0/s1. The quantitative estimate of drug-likeness (QED) is 0.291. The van der Waals surface area contributed by atoms with E-state index >= 15 is 0 Å². The lowest BCUT2D eigenvalue weighted by Crippen LogP contribution is -2.24. The maximum atomic E-state index is 13.0. The van der Waals surface area contributed by atoms with Crippen LogP contribution in [0.5, 0.6) is 0 Å². The van der Waals surface area contributed by atoms with Gasteiger partial charge in [0.15, 0.2) is 0 Å². The lowest BCUT2D eigenvalue weighted by Gasteiger charge is -2.27. The Hall–Kier alpha value is -2.41. The Morgan fingerprint density at radius 1 is 1.00 bits per heavy atom. The summed E-state index contributed by atoms with van der Waals surface area (Å²) in [6.07, 6.45) is 13.0. The third-order valence-corrected chi connectivity index (χ3v) is 9.49. The maximum absolute atomic E-state index is 13.0. The fourth-order valence-electron chi connectivity index (χ4n) is 6.11. The molecule has 1 saturated carbocycles. The van der Waals surface area contributed by atoms with Crippen LogP contribution in [0.15, 0.2) is 60.0 Å². The van der Waals surface area contributed by atoms with Gasteiger partial charge in [-0.25, -0.2) is 13.1 Å². The minimum absolute atomic E-state index is 0.313. The van der Waals surface area contributed by atoms with E-state index in [0.29, 0.717) is 12.0 Å². The number of aromatic nitrogens is 2. The highest BCUT2D eigenvalue weighted by Gasteiger charge is 2.30. The number of hydrogen-bond donors (Lipinski definition) is 1. The van der Waals surface area contributed by atoms with Gasteiger partial charge in [0.25, 0.3) is 0 Å². The van der Waals surface area contributed by atoms with E-state index in [1.54, 1.807) is 6.08 Å². The van der Waals surface area contributed by atoms with Gasteiger partial charge in [-0.2, -0.15) is 5.10 Å². The summed E-state index contributed by atoms with van der Waals surface area (Å²) in [6.45, 7) is 1.87. The second-order valence-electron chi connectivity index (χ2n) is 10.9. The molecule has 2 aliphatic carbocycles. The number of halogens is 1. The number of nitrogens with one attached hydrogen (secondary N) is 1. The van der Waals surface area contributed by atoms with E-state index in [4.69, 9.17) is 16.7 Å². The molecule has 0 spiro atoms. The molecule has 0 radical (unpaired) electrons. The Bertz CT molecular complexity index is 1340. The smallest absolute Gasteiger partial charge is 0.234 e. The molecule has 0 saturated heterocycles. The molecule has 1 unspecified atom stereocenters. The van der Waals surface area contributed by atoms with Crippen molar-refractivity contribution in [2.75, 3.05) is 0 Å². The fraction of sp³-hybridized carbons (Fsp3) is 0.452. The summed E-state index contributed by atoms with van der Waals surface area (Å²) in [6, 6.07) is 17.9. The molecule has 1 fully saturated rings. The SMILES string of the molecule is C[C@H](NS(=O)(=O)/C=C/c1nn(C2CCCCC2)c2c1CCCCC2Cc1ccc(Cl)cc1)c1ccccc1. The number of sulfonamides is 1. The summed E-state index contributed by atoms with van der Waals surface area (Å²) in [5.74, 6) is 0.359. The van der Waals surface area contributed by atoms with E-state index < -0.39 is 10.0 Å². The molecule has 2 aromatic carbocycles.